The first-order valence-electron chi connectivity index (χ1n) is 5.77. The molecule has 0 aliphatic carbocycles. The van der Waals surface area contributed by atoms with Crippen molar-refractivity contribution in [3.63, 3.8) is 0 Å². The molecule has 0 aliphatic rings. The molecule has 1 aromatic carbocycles. The molecule has 3 rings (SSSR count). The van der Waals surface area contributed by atoms with Crippen LogP contribution in [0.4, 0.5) is 5.69 Å². The van der Waals surface area contributed by atoms with Crippen LogP contribution in [0, 0.1) is 0 Å². The highest BCUT2D eigenvalue weighted by Crippen LogP contribution is 2.27. The molecule has 0 radical (unpaired) electrons. The van der Waals surface area contributed by atoms with Crippen LogP contribution < -0.4 is 5.73 Å². The first-order valence-corrected chi connectivity index (χ1v) is 7.55. The summed E-state index contributed by atoms with van der Waals surface area (Å²) in [6, 6.07) is 11.2. The van der Waals surface area contributed by atoms with E-state index in [1.807, 2.05) is 24.3 Å². The minimum Gasteiger partial charge on any atom is -0.444 e. The molecule has 2 aromatic heterocycles. The molecule has 0 bridgehead atoms. The SMILES string of the molecule is Nc1ccc(SCc2nnc(-c3ccc(Br)o3)o2)cc1. The second-order valence-corrected chi connectivity index (χ2v) is 5.79. The highest BCUT2D eigenvalue weighted by Gasteiger charge is 2.12. The quantitative estimate of drug-likeness (QED) is 0.566. The lowest BCUT2D eigenvalue weighted by molar-refractivity contribution is 0.486. The molecule has 0 atom stereocenters. The van der Waals surface area contributed by atoms with Gasteiger partial charge in [-0.05, 0) is 52.3 Å². The first-order chi connectivity index (χ1) is 9.70. The summed E-state index contributed by atoms with van der Waals surface area (Å²) >= 11 is 4.84. The van der Waals surface area contributed by atoms with Crippen molar-refractivity contribution in [2.45, 2.75) is 10.6 Å². The number of rotatable bonds is 4. The lowest BCUT2D eigenvalue weighted by Gasteiger charge is -1.98. The van der Waals surface area contributed by atoms with Crippen molar-refractivity contribution in [2.75, 3.05) is 5.73 Å². The molecule has 3 aromatic rings. The summed E-state index contributed by atoms with van der Waals surface area (Å²) in [6.45, 7) is 0. The molecule has 0 fully saturated rings. The van der Waals surface area contributed by atoms with Crippen LogP contribution >= 0.6 is 27.7 Å². The summed E-state index contributed by atoms with van der Waals surface area (Å²) in [5.41, 5.74) is 6.39. The van der Waals surface area contributed by atoms with Gasteiger partial charge < -0.3 is 14.6 Å². The van der Waals surface area contributed by atoms with Gasteiger partial charge in [0, 0.05) is 10.6 Å². The first kappa shape index (κ1) is 13.3. The van der Waals surface area contributed by atoms with Crippen LogP contribution in [0.25, 0.3) is 11.7 Å². The van der Waals surface area contributed by atoms with Gasteiger partial charge in [-0.1, -0.05) is 0 Å². The largest absolute Gasteiger partial charge is 0.444 e. The fraction of sp³-hybridized carbons (Fsp3) is 0.0769. The summed E-state index contributed by atoms with van der Waals surface area (Å²) < 4.78 is 11.5. The Balaban J connectivity index is 1.67. The molecular weight excluding hydrogens is 342 g/mol. The zero-order valence-corrected chi connectivity index (χ0v) is 12.6. The fourth-order valence-corrected chi connectivity index (χ4v) is 2.59. The van der Waals surface area contributed by atoms with Gasteiger partial charge in [0.05, 0.1) is 5.75 Å². The molecule has 20 heavy (non-hydrogen) atoms. The van der Waals surface area contributed by atoms with Gasteiger partial charge in [-0.25, -0.2) is 0 Å². The van der Waals surface area contributed by atoms with Gasteiger partial charge >= 0.3 is 0 Å². The zero-order chi connectivity index (χ0) is 13.9. The number of furan rings is 1. The van der Waals surface area contributed by atoms with Crippen LogP contribution in [-0.4, -0.2) is 10.2 Å². The second kappa shape index (κ2) is 5.72. The molecule has 2 N–H and O–H groups in total. The van der Waals surface area contributed by atoms with Crippen molar-refractivity contribution in [3.8, 4) is 11.7 Å². The molecule has 2 heterocycles. The number of nitrogens with two attached hydrogens (primary N) is 1. The Labute approximate surface area is 127 Å². The number of hydrogen-bond acceptors (Lipinski definition) is 6. The summed E-state index contributed by atoms with van der Waals surface area (Å²) in [6.07, 6.45) is 0. The van der Waals surface area contributed by atoms with Crippen LogP contribution in [0.1, 0.15) is 5.89 Å². The van der Waals surface area contributed by atoms with Gasteiger partial charge in [0.1, 0.15) is 0 Å². The van der Waals surface area contributed by atoms with Crippen molar-refractivity contribution in [1.29, 1.82) is 0 Å². The Morgan fingerprint density at radius 2 is 1.85 bits per heavy atom. The Bertz CT molecular complexity index is 708. The molecule has 0 saturated heterocycles. The monoisotopic (exact) mass is 351 g/mol. The number of benzene rings is 1. The van der Waals surface area contributed by atoms with E-state index in [0.717, 1.165) is 10.6 Å². The van der Waals surface area contributed by atoms with Crippen molar-refractivity contribution in [2.24, 2.45) is 0 Å². The Morgan fingerprint density at radius 1 is 1.05 bits per heavy atom. The van der Waals surface area contributed by atoms with Crippen molar-refractivity contribution >= 4 is 33.4 Å². The number of aromatic nitrogens is 2. The maximum atomic E-state index is 5.64. The number of nitrogens with zero attached hydrogens (tertiary/aromatic N) is 2. The average Bonchev–Trinajstić information content (AvgIpc) is 3.07. The molecule has 0 spiro atoms. The Kier molecular flexibility index (Phi) is 3.79. The molecule has 0 unspecified atom stereocenters. The standard InChI is InChI=1S/C13H10BrN3O2S/c14-11-6-5-10(18-11)13-17-16-12(19-13)7-20-9-3-1-8(15)2-4-9/h1-6H,7,15H2. The second-order valence-electron chi connectivity index (χ2n) is 3.96. The van der Waals surface area contributed by atoms with E-state index in [9.17, 15) is 0 Å². The number of hydrogen-bond donors (Lipinski definition) is 1. The van der Waals surface area contributed by atoms with Crippen LogP contribution in [0.3, 0.4) is 0 Å². The van der Waals surface area contributed by atoms with Gasteiger partial charge in [0.25, 0.3) is 5.89 Å². The fourth-order valence-electron chi connectivity index (χ4n) is 1.55. The smallest absolute Gasteiger partial charge is 0.283 e. The summed E-state index contributed by atoms with van der Waals surface area (Å²) in [5.74, 6) is 2.07. The zero-order valence-electron chi connectivity index (χ0n) is 10.2. The van der Waals surface area contributed by atoms with E-state index in [4.69, 9.17) is 14.6 Å². The van der Waals surface area contributed by atoms with Crippen molar-refractivity contribution in [1.82, 2.24) is 10.2 Å². The van der Waals surface area contributed by atoms with E-state index < -0.39 is 0 Å². The van der Waals surface area contributed by atoms with Crippen LogP contribution in [-0.2, 0) is 5.75 Å². The lowest BCUT2D eigenvalue weighted by atomic mass is 10.3. The van der Waals surface area contributed by atoms with E-state index >= 15 is 0 Å². The van der Waals surface area contributed by atoms with E-state index in [2.05, 4.69) is 26.1 Å². The number of thioether (sulfide) groups is 1. The predicted octanol–water partition coefficient (Wildman–Crippen LogP) is 3.97. The Hall–Kier alpha value is -1.73. The van der Waals surface area contributed by atoms with Gasteiger partial charge in [-0.2, -0.15) is 0 Å². The lowest BCUT2D eigenvalue weighted by Crippen LogP contribution is -1.84. The summed E-state index contributed by atoms with van der Waals surface area (Å²) in [7, 11) is 0. The summed E-state index contributed by atoms with van der Waals surface area (Å²) in [4.78, 5) is 1.10. The van der Waals surface area contributed by atoms with Crippen molar-refractivity contribution in [3.05, 3.63) is 47.0 Å². The normalized spacial score (nSPS) is 10.8. The van der Waals surface area contributed by atoms with Crippen LogP contribution in [0.2, 0.25) is 0 Å². The summed E-state index contributed by atoms with van der Waals surface area (Å²) in [5, 5.41) is 7.96. The molecule has 0 amide bonds. The van der Waals surface area contributed by atoms with E-state index in [-0.39, 0.29) is 0 Å². The Morgan fingerprint density at radius 3 is 2.55 bits per heavy atom. The molecule has 0 saturated carbocycles. The number of nitrogen functional groups attached to an aromatic ring is 1. The third kappa shape index (κ3) is 3.05. The molecule has 7 heteroatoms. The maximum absolute atomic E-state index is 5.64. The third-order valence-electron chi connectivity index (χ3n) is 2.49. The van der Waals surface area contributed by atoms with Crippen LogP contribution in [0.15, 0.2) is 54.8 Å². The highest BCUT2D eigenvalue weighted by atomic mass is 79.9. The minimum absolute atomic E-state index is 0.378. The van der Waals surface area contributed by atoms with E-state index in [0.29, 0.717) is 28.0 Å². The van der Waals surface area contributed by atoms with Gasteiger partial charge in [0.2, 0.25) is 5.89 Å². The van der Waals surface area contributed by atoms with Crippen molar-refractivity contribution < 1.29 is 8.83 Å². The molecule has 102 valence electrons. The molecule has 0 aliphatic heterocycles. The molecule has 5 nitrogen and oxygen atoms in total. The van der Waals surface area contributed by atoms with Gasteiger partial charge in [-0.3, -0.25) is 0 Å². The van der Waals surface area contributed by atoms with E-state index in [1.54, 1.807) is 23.9 Å². The third-order valence-corrected chi connectivity index (χ3v) is 3.92. The van der Waals surface area contributed by atoms with Crippen LogP contribution in [0.5, 0.6) is 0 Å². The highest BCUT2D eigenvalue weighted by molar-refractivity contribution is 9.10. The average molecular weight is 352 g/mol. The number of anilines is 1. The maximum Gasteiger partial charge on any atom is 0.283 e. The van der Waals surface area contributed by atoms with E-state index in [1.165, 1.54) is 0 Å². The predicted molar refractivity (Wildman–Crippen MR) is 80.1 cm³/mol. The van der Waals surface area contributed by atoms with Gasteiger partial charge in [0.15, 0.2) is 10.4 Å². The topological polar surface area (TPSA) is 78.1 Å². The van der Waals surface area contributed by atoms with Gasteiger partial charge in [-0.15, -0.1) is 22.0 Å². The number of halogens is 1. The minimum atomic E-state index is 0.378. The molecular formula is C13H10BrN3O2S.